The van der Waals surface area contributed by atoms with Crippen molar-refractivity contribution in [1.82, 2.24) is 4.31 Å². The molecule has 0 aliphatic heterocycles. The lowest BCUT2D eigenvalue weighted by molar-refractivity contribution is 0.111. The van der Waals surface area contributed by atoms with Crippen molar-refractivity contribution in [2.75, 3.05) is 0 Å². The van der Waals surface area contributed by atoms with Gasteiger partial charge < -0.3 is 4.55 Å². The van der Waals surface area contributed by atoms with Crippen molar-refractivity contribution in [2.24, 2.45) is 0 Å². The van der Waals surface area contributed by atoms with Gasteiger partial charge in [-0.15, -0.1) is 4.31 Å². The summed E-state index contributed by atoms with van der Waals surface area (Å²) >= 11 is -1.23. The molecule has 2 saturated carbocycles. The minimum atomic E-state index is -1.23. The van der Waals surface area contributed by atoms with Crippen LogP contribution >= 0.6 is 0 Å². The smallest absolute Gasteiger partial charge is 0.184 e. The molecule has 0 bridgehead atoms. The van der Waals surface area contributed by atoms with Gasteiger partial charge in [0.2, 0.25) is 0 Å². The zero-order valence-electron chi connectivity index (χ0n) is 13.8. The standard InChI is InChI=1S/C19H27NO2S/c21-15-16-9-7-8-14-19(16)23(22)20(17-10-3-1-4-11-17)18-12-5-2-6-13-18/h7-9,14-15,17-18H,1-6,10-13H2. The molecule has 0 radical (unpaired) electrons. The molecule has 2 aliphatic carbocycles. The van der Waals surface area contributed by atoms with E-state index in [0.29, 0.717) is 22.5 Å². The molecular formula is C19H27NO2S. The summed E-state index contributed by atoms with van der Waals surface area (Å²) in [5.41, 5.74) is 0.572. The Balaban J connectivity index is 1.87. The molecule has 1 unspecified atom stereocenters. The van der Waals surface area contributed by atoms with Crippen molar-refractivity contribution >= 4 is 17.6 Å². The van der Waals surface area contributed by atoms with E-state index in [1.54, 1.807) is 6.07 Å². The van der Waals surface area contributed by atoms with Gasteiger partial charge in [-0.2, -0.15) is 0 Å². The summed E-state index contributed by atoms with van der Waals surface area (Å²) in [5, 5.41) is 0. The molecule has 1 aromatic carbocycles. The number of benzene rings is 1. The van der Waals surface area contributed by atoms with Gasteiger partial charge in [-0.3, -0.25) is 4.79 Å². The first-order valence-corrected chi connectivity index (χ1v) is 10.2. The van der Waals surface area contributed by atoms with Crippen LogP contribution in [0.15, 0.2) is 29.2 Å². The summed E-state index contributed by atoms with van der Waals surface area (Å²) in [6.07, 6.45) is 13.0. The Kier molecular flexibility index (Phi) is 6.15. The first kappa shape index (κ1) is 17.0. The quantitative estimate of drug-likeness (QED) is 0.589. The Morgan fingerprint density at radius 1 is 0.913 bits per heavy atom. The molecule has 3 rings (SSSR count). The first-order chi connectivity index (χ1) is 11.3. The second-order valence-electron chi connectivity index (χ2n) is 6.85. The van der Waals surface area contributed by atoms with Crippen LogP contribution in [0.3, 0.4) is 0 Å². The van der Waals surface area contributed by atoms with Crippen LogP contribution in [0, 0.1) is 0 Å². The van der Waals surface area contributed by atoms with Crippen molar-refractivity contribution in [3.63, 3.8) is 0 Å². The van der Waals surface area contributed by atoms with E-state index in [4.69, 9.17) is 0 Å². The third-order valence-electron chi connectivity index (χ3n) is 5.29. The topological polar surface area (TPSA) is 43.4 Å². The minimum absolute atomic E-state index is 0.410. The van der Waals surface area contributed by atoms with Crippen LogP contribution in [0.1, 0.15) is 74.6 Å². The van der Waals surface area contributed by atoms with Crippen molar-refractivity contribution in [1.29, 1.82) is 0 Å². The fourth-order valence-electron chi connectivity index (χ4n) is 4.09. The molecule has 2 aliphatic rings. The Morgan fingerprint density at radius 3 is 1.96 bits per heavy atom. The van der Waals surface area contributed by atoms with Gasteiger partial charge in [0, 0.05) is 0 Å². The zero-order chi connectivity index (χ0) is 16.1. The summed E-state index contributed by atoms with van der Waals surface area (Å²) in [7, 11) is 0. The highest BCUT2D eigenvalue weighted by molar-refractivity contribution is 7.89. The maximum atomic E-state index is 13.4. The summed E-state index contributed by atoms with van der Waals surface area (Å²) in [5.74, 6) is 0. The van der Waals surface area contributed by atoms with E-state index in [9.17, 15) is 9.35 Å². The fourth-order valence-corrected chi connectivity index (χ4v) is 5.79. The Morgan fingerprint density at radius 2 is 1.43 bits per heavy atom. The van der Waals surface area contributed by atoms with E-state index >= 15 is 0 Å². The van der Waals surface area contributed by atoms with Crippen LogP contribution in [0.4, 0.5) is 0 Å². The molecular weight excluding hydrogens is 306 g/mol. The highest BCUT2D eigenvalue weighted by Crippen LogP contribution is 2.35. The predicted octanol–water partition coefficient (Wildman–Crippen LogP) is 4.49. The second kappa shape index (κ2) is 8.32. The third kappa shape index (κ3) is 3.98. The summed E-state index contributed by atoms with van der Waals surface area (Å²) < 4.78 is 15.7. The maximum Gasteiger partial charge on any atom is 0.184 e. The Hall–Kier alpha value is -0.840. The monoisotopic (exact) mass is 333 g/mol. The summed E-state index contributed by atoms with van der Waals surface area (Å²) in [6.45, 7) is 0. The van der Waals surface area contributed by atoms with Gasteiger partial charge in [0.1, 0.15) is 0 Å². The highest BCUT2D eigenvalue weighted by Gasteiger charge is 2.38. The van der Waals surface area contributed by atoms with Gasteiger partial charge in [-0.1, -0.05) is 50.7 Å². The average Bonchev–Trinajstić information content (AvgIpc) is 2.63. The number of carbonyl (C=O) groups is 1. The van der Waals surface area contributed by atoms with Gasteiger partial charge in [-0.25, -0.2) is 0 Å². The van der Waals surface area contributed by atoms with E-state index in [-0.39, 0.29) is 0 Å². The highest BCUT2D eigenvalue weighted by atomic mass is 32.2. The number of rotatable bonds is 5. The Bertz CT molecular complexity index is 492. The van der Waals surface area contributed by atoms with Gasteiger partial charge in [-0.05, 0) is 37.8 Å². The average molecular weight is 333 g/mol. The molecule has 0 spiro atoms. The molecule has 0 amide bonds. The van der Waals surface area contributed by atoms with Gasteiger partial charge >= 0.3 is 0 Å². The SMILES string of the molecule is O=Cc1ccccc1[S+]([O-])N(C1CCCCC1)C1CCCCC1. The third-order valence-corrected chi connectivity index (χ3v) is 7.02. The van der Waals surface area contributed by atoms with E-state index in [1.807, 2.05) is 18.2 Å². The van der Waals surface area contributed by atoms with Crippen LogP contribution in [-0.4, -0.2) is 27.2 Å². The molecule has 126 valence electrons. The number of aldehydes is 1. The van der Waals surface area contributed by atoms with Crippen LogP contribution in [0.25, 0.3) is 0 Å². The molecule has 0 heterocycles. The predicted molar refractivity (Wildman–Crippen MR) is 93.8 cm³/mol. The zero-order valence-corrected chi connectivity index (χ0v) is 14.6. The van der Waals surface area contributed by atoms with Crippen LogP contribution < -0.4 is 0 Å². The number of hydrogen-bond acceptors (Lipinski definition) is 3. The number of carbonyl (C=O) groups excluding carboxylic acids is 1. The fraction of sp³-hybridized carbons (Fsp3) is 0.632. The largest absolute Gasteiger partial charge is 0.593 e. The van der Waals surface area contributed by atoms with Crippen LogP contribution in [0.5, 0.6) is 0 Å². The molecule has 23 heavy (non-hydrogen) atoms. The molecule has 3 nitrogen and oxygen atoms in total. The van der Waals surface area contributed by atoms with E-state index in [2.05, 4.69) is 4.31 Å². The van der Waals surface area contributed by atoms with Crippen LogP contribution in [0.2, 0.25) is 0 Å². The van der Waals surface area contributed by atoms with E-state index in [0.717, 1.165) is 32.0 Å². The molecule has 1 atom stereocenters. The maximum absolute atomic E-state index is 13.4. The van der Waals surface area contributed by atoms with Crippen molar-refractivity contribution < 1.29 is 9.35 Å². The second-order valence-corrected chi connectivity index (χ2v) is 8.21. The van der Waals surface area contributed by atoms with Gasteiger partial charge in [0.05, 0.1) is 29.0 Å². The van der Waals surface area contributed by atoms with Crippen molar-refractivity contribution in [3.05, 3.63) is 29.8 Å². The molecule has 0 saturated heterocycles. The van der Waals surface area contributed by atoms with E-state index < -0.39 is 11.4 Å². The van der Waals surface area contributed by atoms with Crippen molar-refractivity contribution in [3.8, 4) is 0 Å². The lowest BCUT2D eigenvalue weighted by atomic mass is 9.91. The minimum Gasteiger partial charge on any atom is -0.593 e. The first-order valence-electron chi connectivity index (χ1n) is 9.05. The lowest BCUT2D eigenvalue weighted by Crippen LogP contribution is -2.48. The summed E-state index contributed by atoms with van der Waals surface area (Å²) in [4.78, 5) is 12.0. The molecule has 1 aromatic rings. The van der Waals surface area contributed by atoms with Gasteiger partial charge in [0.15, 0.2) is 11.2 Å². The number of nitrogens with zero attached hydrogens (tertiary/aromatic N) is 1. The van der Waals surface area contributed by atoms with Crippen molar-refractivity contribution in [2.45, 2.75) is 81.2 Å². The van der Waals surface area contributed by atoms with Crippen LogP contribution in [-0.2, 0) is 11.4 Å². The van der Waals surface area contributed by atoms with E-state index in [1.165, 1.54) is 38.5 Å². The Labute approximate surface area is 142 Å². The normalized spacial score (nSPS) is 22.2. The summed E-state index contributed by atoms with van der Waals surface area (Å²) in [6, 6.07) is 8.19. The molecule has 4 heteroatoms. The lowest BCUT2D eigenvalue weighted by Gasteiger charge is -2.40. The number of hydrogen-bond donors (Lipinski definition) is 0. The van der Waals surface area contributed by atoms with Gasteiger partial charge in [0.25, 0.3) is 0 Å². The molecule has 2 fully saturated rings. The molecule has 0 aromatic heterocycles. The molecule has 0 N–H and O–H groups in total.